The summed E-state index contributed by atoms with van der Waals surface area (Å²) in [6.45, 7) is 0. The summed E-state index contributed by atoms with van der Waals surface area (Å²) < 4.78 is 0. The number of hydrogen-bond acceptors (Lipinski definition) is 4. The maximum atomic E-state index is 13.0. The summed E-state index contributed by atoms with van der Waals surface area (Å²) in [7, 11) is 0. The van der Waals surface area contributed by atoms with Gasteiger partial charge in [-0.15, -0.1) is 0 Å². The molecule has 0 heterocycles. The van der Waals surface area contributed by atoms with Crippen molar-refractivity contribution in [3.63, 3.8) is 0 Å². The Bertz CT molecular complexity index is 1030. The fraction of sp³-hybridized carbons (Fsp3) is 0. The molecule has 0 spiro atoms. The Kier molecular flexibility index (Phi) is 3.55. The highest BCUT2D eigenvalue weighted by Gasteiger charge is 2.33. The van der Waals surface area contributed by atoms with E-state index in [4.69, 9.17) is 17.3 Å². The molecule has 4 nitrogen and oxygen atoms in total. The summed E-state index contributed by atoms with van der Waals surface area (Å²) in [4.78, 5) is 25.8. The van der Waals surface area contributed by atoms with Crippen LogP contribution in [0.4, 0.5) is 17.1 Å². The van der Waals surface area contributed by atoms with E-state index in [9.17, 15) is 9.59 Å². The number of carbonyl (C=O) groups is 2. The second-order valence-electron chi connectivity index (χ2n) is 5.79. The Balaban J connectivity index is 1.88. The van der Waals surface area contributed by atoms with Crippen molar-refractivity contribution in [2.24, 2.45) is 0 Å². The van der Waals surface area contributed by atoms with Crippen LogP contribution in [0.3, 0.4) is 0 Å². The molecular weight excluding hydrogens is 336 g/mol. The smallest absolute Gasteiger partial charge is 0.196 e. The average Bonchev–Trinajstić information content (AvgIpc) is 2.63. The molecule has 1 aliphatic carbocycles. The van der Waals surface area contributed by atoms with Gasteiger partial charge in [0.15, 0.2) is 11.6 Å². The van der Waals surface area contributed by atoms with Crippen molar-refractivity contribution in [2.45, 2.75) is 0 Å². The maximum absolute atomic E-state index is 13.0. The third-order valence-electron chi connectivity index (χ3n) is 4.23. The van der Waals surface area contributed by atoms with Crippen molar-refractivity contribution < 1.29 is 9.59 Å². The molecule has 0 atom stereocenters. The van der Waals surface area contributed by atoms with Crippen LogP contribution in [0.5, 0.6) is 0 Å². The molecule has 25 heavy (non-hydrogen) atoms. The normalized spacial score (nSPS) is 12.5. The van der Waals surface area contributed by atoms with Gasteiger partial charge < -0.3 is 11.1 Å². The van der Waals surface area contributed by atoms with E-state index in [-0.39, 0.29) is 17.1 Å². The number of benzene rings is 3. The van der Waals surface area contributed by atoms with Crippen LogP contribution in [-0.2, 0) is 0 Å². The lowest BCUT2D eigenvalue weighted by Crippen LogP contribution is -2.23. The molecule has 0 fully saturated rings. The second kappa shape index (κ2) is 5.76. The van der Waals surface area contributed by atoms with E-state index in [1.807, 2.05) is 0 Å². The van der Waals surface area contributed by atoms with Gasteiger partial charge in [0.1, 0.15) is 0 Å². The van der Waals surface area contributed by atoms with Crippen molar-refractivity contribution in [3.05, 3.63) is 87.9 Å². The summed E-state index contributed by atoms with van der Waals surface area (Å²) in [5.74, 6) is -0.448. The van der Waals surface area contributed by atoms with E-state index in [2.05, 4.69) is 5.32 Å². The third-order valence-corrected chi connectivity index (χ3v) is 4.48. The summed E-state index contributed by atoms with van der Waals surface area (Å²) in [5, 5.41) is 3.80. The Morgan fingerprint density at radius 1 is 0.760 bits per heavy atom. The molecule has 0 radical (unpaired) electrons. The van der Waals surface area contributed by atoms with Crippen LogP contribution < -0.4 is 11.1 Å². The predicted octanol–water partition coefficient (Wildman–Crippen LogP) is 4.44. The standard InChI is InChI=1S/C20H13ClN2O2/c21-11-5-7-12(8-6-11)23-16-10-9-15(22)17-18(16)20(25)14-4-2-1-3-13(14)19(17)24/h1-10,23H,22H2. The number of nitrogen functional groups attached to an aromatic ring is 1. The van der Waals surface area contributed by atoms with Crippen molar-refractivity contribution in [3.8, 4) is 0 Å². The Morgan fingerprint density at radius 2 is 1.36 bits per heavy atom. The fourth-order valence-electron chi connectivity index (χ4n) is 3.04. The molecule has 4 rings (SSSR count). The number of carbonyl (C=O) groups excluding carboxylic acids is 2. The molecule has 0 aliphatic heterocycles. The summed E-state index contributed by atoms with van der Waals surface area (Å²) >= 11 is 5.91. The molecular formula is C20H13ClN2O2. The summed E-state index contributed by atoms with van der Waals surface area (Å²) in [5.41, 5.74) is 8.95. The van der Waals surface area contributed by atoms with Crippen molar-refractivity contribution in [1.29, 1.82) is 0 Å². The van der Waals surface area contributed by atoms with Crippen LogP contribution in [0.2, 0.25) is 5.02 Å². The lowest BCUT2D eigenvalue weighted by molar-refractivity contribution is 0.0980. The molecule has 5 heteroatoms. The maximum Gasteiger partial charge on any atom is 0.196 e. The number of nitrogens with one attached hydrogen (secondary N) is 1. The molecule has 0 amide bonds. The minimum Gasteiger partial charge on any atom is -0.398 e. The van der Waals surface area contributed by atoms with Crippen LogP contribution >= 0.6 is 11.6 Å². The number of anilines is 3. The fourth-order valence-corrected chi connectivity index (χ4v) is 3.17. The molecule has 3 aromatic rings. The van der Waals surface area contributed by atoms with Gasteiger partial charge in [-0.3, -0.25) is 9.59 Å². The van der Waals surface area contributed by atoms with E-state index >= 15 is 0 Å². The number of ketones is 2. The Morgan fingerprint density at radius 3 is 2.00 bits per heavy atom. The van der Waals surface area contributed by atoms with E-state index < -0.39 is 0 Å². The van der Waals surface area contributed by atoms with Crippen molar-refractivity contribution >= 4 is 40.2 Å². The van der Waals surface area contributed by atoms with E-state index in [1.54, 1.807) is 60.7 Å². The first kappa shape index (κ1) is 15.4. The van der Waals surface area contributed by atoms with Gasteiger partial charge in [0.05, 0.1) is 16.8 Å². The van der Waals surface area contributed by atoms with Gasteiger partial charge in [0.2, 0.25) is 0 Å². The van der Waals surface area contributed by atoms with Crippen LogP contribution in [0.25, 0.3) is 0 Å². The van der Waals surface area contributed by atoms with Gasteiger partial charge in [-0.2, -0.15) is 0 Å². The zero-order chi connectivity index (χ0) is 17.6. The highest BCUT2D eigenvalue weighted by Crippen LogP contribution is 2.36. The number of rotatable bonds is 2. The first-order valence-corrected chi connectivity index (χ1v) is 8.07. The van der Waals surface area contributed by atoms with Crippen LogP contribution in [0.15, 0.2) is 60.7 Å². The average molecular weight is 349 g/mol. The van der Waals surface area contributed by atoms with Crippen LogP contribution in [0, 0.1) is 0 Å². The van der Waals surface area contributed by atoms with Gasteiger partial charge in [0, 0.05) is 27.5 Å². The molecule has 122 valence electrons. The topological polar surface area (TPSA) is 72.2 Å². The second-order valence-corrected chi connectivity index (χ2v) is 6.22. The summed E-state index contributed by atoms with van der Waals surface area (Å²) in [6, 6.07) is 17.2. The van der Waals surface area contributed by atoms with Gasteiger partial charge in [-0.05, 0) is 36.4 Å². The van der Waals surface area contributed by atoms with Gasteiger partial charge in [-0.25, -0.2) is 0 Å². The quantitative estimate of drug-likeness (QED) is 0.525. The van der Waals surface area contributed by atoms with Crippen molar-refractivity contribution in [2.75, 3.05) is 11.1 Å². The monoisotopic (exact) mass is 348 g/mol. The minimum absolute atomic E-state index is 0.214. The van der Waals surface area contributed by atoms with Crippen LogP contribution in [-0.4, -0.2) is 11.6 Å². The van der Waals surface area contributed by atoms with Gasteiger partial charge in [-0.1, -0.05) is 35.9 Å². The zero-order valence-electron chi connectivity index (χ0n) is 13.0. The molecule has 3 N–H and O–H groups in total. The Hall–Kier alpha value is -3.11. The molecule has 0 unspecified atom stereocenters. The first-order chi connectivity index (χ1) is 12.1. The highest BCUT2D eigenvalue weighted by molar-refractivity contribution is 6.32. The molecule has 0 aromatic heterocycles. The summed E-state index contributed by atoms with van der Waals surface area (Å²) in [6.07, 6.45) is 0. The lowest BCUT2D eigenvalue weighted by Gasteiger charge is -2.22. The highest BCUT2D eigenvalue weighted by atomic mass is 35.5. The first-order valence-electron chi connectivity index (χ1n) is 7.70. The number of nitrogens with two attached hydrogens (primary N) is 1. The predicted molar refractivity (Wildman–Crippen MR) is 98.9 cm³/mol. The lowest BCUT2D eigenvalue weighted by atomic mass is 9.82. The largest absolute Gasteiger partial charge is 0.398 e. The van der Waals surface area contributed by atoms with Crippen LogP contribution in [0.1, 0.15) is 31.8 Å². The molecule has 0 saturated heterocycles. The van der Waals surface area contributed by atoms with Gasteiger partial charge >= 0.3 is 0 Å². The Labute approximate surface area is 149 Å². The SMILES string of the molecule is Nc1ccc(Nc2ccc(Cl)cc2)c2c1C(=O)c1ccccc1C2=O. The van der Waals surface area contributed by atoms with E-state index in [0.717, 1.165) is 5.69 Å². The van der Waals surface area contributed by atoms with E-state index in [1.165, 1.54) is 0 Å². The third kappa shape index (κ3) is 2.47. The van der Waals surface area contributed by atoms with Crippen molar-refractivity contribution in [1.82, 2.24) is 0 Å². The minimum atomic E-state index is -0.234. The molecule has 1 aliphatic rings. The van der Waals surface area contributed by atoms with E-state index in [0.29, 0.717) is 33.1 Å². The molecule has 0 bridgehead atoms. The zero-order valence-corrected chi connectivity index (χ0v) is 13.8. The number of hydrogen-bond donors (Lipinski definition) is 2. The van der Waals surface area contributed by atoms with Gasteiger partial charge in [0.25, 0.3) is 0 Å². The molecule has 3 aromatic carbocycles. The molecule has 0 saturated carbocycles. The number of fused-ring (bicyclic) bond motifs is 2. The number of halogens is 1.